The average Bonchev–Trinajstić information content (AvgIpc) is 3.30. The highest BCUT2D eigenvalue weighted by atomic mass is 16.5. The van der Waals surface area contributed by atoms with Crippen LogP contribution < -0.4 is 10.1 Å². The van der Waals surface area contributed by atoms with Crippen molar-refractivity contribution in [2.75, 3.05) is 11.9 Å². The Morgan fingerprint density at radius 1 is 1.07 bits per heavy atom. The first-order valence-corrected chi connectivity index (χ1v) is 9.31. The molecule has 2 aromatic carbocycles. The van der Waals surface area contributed by atoms with E-state index in [4.69, 9.17) is 4.74 Å². The van der Waals surface area contributed by atoms with Crippen LogP contribution in [0.15, 0.2) is 54.6 Å². The normalized spacial score (nSPS) is 12.5. The van der Waals surface area contributed by atoms with Crippen LogP contribution in [0.5, 0.6) is 5.75 Å². The molecule has 1 aliphatic carbocycles. The predicted octanol–water partition coefficient (Wildman–Crippen LogP) is 3.58. The number of hydrogen-bond donors (Lipinski definition) is 1. The summed E-state index contributed by atoms with van der Waals surface area (Å²) in [5.41, 5.74) is 3.66. The van der Waals surface area contributed by atoms with Crippen LogP contribution in [0.2, 0.25) is 0 Å². The molecule has 0 saturated carbocycles. The molecule has 1 aliphatic rings. The molecule has 0 saturated heterocycles. The molecule has 0 radical (unpaired) electrons. The quantitative estimate of drug-likeness (QED) is 0.669. The van der Waals surface area contributed by atoms with E-state index < -0.39 is 0 Å². The van der Waals surface area contributed by atoms with Crippen molar-refractivity contribution >= 4 is 17.5 Å². The van der Waals surface area contributed by atoms with Crippen molar-refractivity contribution in [3.05, 3.63) is 71.4 Å². The van der Waals surface area contributed by atoms with Crippen LogP contribution in [0.4, 0.5) is 5.82 Å². The number of aromatic nitrogens is 2. The minimum atomic E-state index is -0.248. The second-order valence-electron chi connectivity index (χ2n) is 6.79. The topological polar surface area (TPSA) is 73.2 Å². The lowest BCUT2D eigenvalue weighted by Crippen LogP contribution is -2.22. The van der Waals surface area contributed by atoms with Gasteiger partial charge in [-0.1, -0.05) is 18.2 Å². The van der Waals surface area contributed by atoms with Gasteiger partial charge in [0.05, 0.1) is 11.4 Å². The zero-order valence-electron chi connectivity index (χ0n) is 15.6. The van der Waals surface area contributed by atoms with Gasteiger partial charge in [-0.3, -0.25) is 9.59 Å². The van der Waals surface area contributed by atoms with E-state index in [1.807, 2.05) is 30.3 Å². The number of rotatable bonds is 6. The maximum absolute atomic E-state index is 12.5. The number of nitrogens with zero attached hydrogens (tertiary/aromatic N) is 2. The number of aryl methyl sites for hydroxylation is 1. The third-order valence-electron chi connectivity index (χ3n) is 4.80. The molecule has 6 heteroatoms. The molecule has 0 spiro atoms. The first kappa shape index (κ1) is 18.0. The molecular weight excluding hydrogens is 354 g/mol. The Hall–Kier alpha value is -3.41. The van der Waals surface area contributed by atoms with Crippen molar-refractivity contribution < 1.29 is 14.3 Å². The molecule has 0 aliphatic heterocycles. The van der Waals surface area contributed by atoms with Crippen molar-refractivity contribution in [2.24, 2.45) is 0 Å². The Kier molecular flexibility index (Phi) is 4.93. The van der Waals surface area contributed by atoms with E-state index in [-0.39, 0.29) is 18.3 Å². The van der Waals surface area contributed by atoms with Gasteiger partial charge in [0.1, 0.15) is 11.6 Å². The summed E-state index contributed by atoms with van der Waals surface area (Å²) in [5, 5.41) is 7.66. The lowest BCUT2D eigenvalue weighted by Gasteiger charge is -2.12. The fourth-order valence-corrected chi connectivity index (χ4v) is 3.38. The van der Waals surface area contributed by atoms with Gasteiger partial charge < -0.3 is 10.1 Å². The zero-order chi connectivity index (χ0) is 19.5. The van der Waals surface area contributed by atoms with Crippen LogP contribution in [0.1, 0.15) is 35.0 Å². The van der Waals surface area contributed by atoms with Gasteiger partial charge in [0.15, 0.2) is 12.4 Å². The largest absolute Gasteiger partial charge is 0.484 e. The van der Waals surface area contributed by atoms with Crippen LogP contribution in [-0.4, -0.2) is 28.1 Å². The number of nitrogens with one attached hydrogen (secondary N) is 1. The van der Waals surface area contributed by atoms with Crippen LogP contribution in [-0.2, 0) is 17.6 Å². The molecule has 6 nitrogen and oxygen atoms in total. The number of Topliss-reactive ketones (excluding diaryl/α,β-unsaturated/α-hetero) is 1. The number of carbonyl (C=O) groups excluding carboxylic acids is 2. The Bertz CT molecular complexity index is 1010. The van der Waals surface area contributed by atoms with Crippen molar-refractivity contribution in [3.63, 3.8) is 0 Å². The monoisotopic (exact) mass is 375 g/mol. The highest BCUT2D eigenvalue weighted by molar-refractivity contribution is 5.94. The Morgan fingerprint density at radius 2 is 1.82 bits per heavy atom. The van der Waals surface area contributed by atoms with Crippen LogP contribution in [0.3, 0.4) is 0 Å². The van der Waals surface area contributed by atoms with Crippen LogP contribution in [0.25, 0.3) is 5.69 Å². The van der Waals surface area contributed by atoms with Gasteiger partial charge in [-0.25, -0.2) is 4.68 Å². The predicted molar refractivity (Wildman–Crippen MR) is 106 cm³/mol. The number of ketones is 1. The number of carbonyl (C=O) groups is 2. The van der Waals surface area contributed by atoms with Gasteiger partial charge >= 0.3 is 0 Å². The number of hydrogen-bond acceptors (Lipinski definition) is 4. The van der Waals surface area contributed by atoms with E-state index >= 15 is 0 Å². The first-order chi connectivity index (χ1) is 13.6. The van der Waals surface area contributed by atoms with Crippen LogP contribution in [0, 0.1) is 0 Å². The number of ether oxygens (including phenoxy) is 1. The number of benzene rings is 2. The minimum Gasteiger partial charge on any atom is -0.484 e. The molecule has 3 aromatic rings. The molecule has 142 valence electrons. The van der Waals surface area contributed by atoms with E-state index in [1.165, 1.54) is 6.92 Å². The van der Waals surface area contributed by atoms with E-state index in [9.17, 15) is 9.59 Å². The van der Waals surface area contributed by atoms with Gasteiger partial charge in [0.25, 0.3) is 5.91 Å². The zero-order valence-corrected chi connectivity index (χ0v) is 15.6. The molecule has 1 aromatic heterocycles. The maximum atomic E-state index is 12.5. The lowest BCUT2D eigenvalue weighted by molar-refractivity contribution is -0.118. The Labute approximate surface area is 163 Å². The summed E-state index contributed by atoms with van der Waals surface area (Å²) < 4.78 is 7.36. The molecule has 1 N–H and O–H groups in total. The summed E-state index contributed by atoms with van der Waals surface area (Å²) >= 11 is 0. The number of amides is 1. The fraction of sp³-hybridized carbons (Fsp3) is 0.227. The van der Waals surface area contributed by atoms with E-state index in [0.717, 1.165) is 42.0 Å². The molecule has 1 heterocycles. The molecule has 0 bridgehead atoms. The summed E-state index contributed by atoms with van der Waals surface area (Å²) in [5.74, 6) is 1.01. The van der Waals surface area contributed by atoms with Gasteiger partial charge in [0, 0.05) is 11.1 Å². The molecule has 0 unspecified atom stereocenters. The average molecular weight is 375 g/mol. The second kappa shape index (κ2) is 7.68. The molecule has 28 heavy (non-hydrogen) atoms. The van der Waals surface area contributed by atoms with Crippen molar-refractivity contribution in [3.8, 4) is 11.4 Å². The molecule has 4 rings (SSSR count). The summed E-state index contributed by atoms with van der Waals surface area (Å²) in [6.45, 7) is 1.39. The second-order valence-corrected chi connectivity index (χ2v) is 6.79. The third-order valence-corrected chi connectivity index (χ3v) is 4.80. The third kappa shape index (κ3) is 3.67. The number of fused-ring (bicyclic) bond motifs is 1. The summed E-state index contributed by atoms with van der Waals surface area (Å²) in [4.78, 5) is 23.8. The highest BCUT2D eigenvalue weighted by Gasteiger charge is 2.24. The minimum absolute atomic E-state index is 0.00711. The first-order valence-electron chi connectivity index (χ1n) is 9.31. The molecule has 0 fully saturated rings. The SMILES string of the molecule is CC(=O)c1ccc(OCC(=O)Nc2c3c(nn2-c2ccccc2)CCC3)cc1. The lowest BCUT2D eigenvalue weighted by atomic mass is 10.1. The standard InChI is InChI=1S/C22H21N3O3/c1-15(26)16-10-12-18(13-11-16)28-14-21(27)23-22-19-8-5-9-20(19)24-25(22)17-6-3-2-4-7-17/h2-4,6-7,10-13H,5,8-9,14H2,1H3,(H,23,27). The van der Waals surface area contributed by atoms with Crippen molar-refractivity contribution in [2.45, 2.75) is 26.2 Å². The summed E-state index contributed by atoms with van der Waals surface area (Å²) in [6, 6.07) is 16.5. The fourth-order valence-electron chi connectivity index (χ4n) is 3.38. The van der Waals surface area contributed by atoms with Crippen molar-refractivity contribution in [1.82, 2.24) is 9.78 Å². The van der Waals surface area contributed by atoms with E-state index in [1.54, 1.807) is 28.9 Å². The molecule has 1 amide bonds. The van der Waals surface area contributed by atoms with Crippen LogP contribution >= 0.6 is 0 Å². The molecule has 0 atom stereocenters. The summed E-state index contributed by atoms with van der Waals surface area (Å²) in [6.07, 6.45) is 2.89. The van der Waals surface area contributed by atoms with Crippen molar-refractivity contribution in [1.29, 1.82) is 0 Å². The number of para-hydroxylation sites is 1. The Balaban J connectivity index is 1.48. The summed E-state index contributed by atoms with van der Waals surface area (Å²) in [7, 11) is 0. The Morgan fingerprint density at radius 3 is 2.54 bits per heavy atom. The van der Waals surface area contributed by atoms with Gasteiger partial charge in [-0.2, -0.15) is 5.10 Å². The van der Waals surface area contributed by atoms with Gasteiger partial charge in [-0.05, 0) is 62.6 Å². The van der Waals surface area contributed by atoms with Gasteiger partial charge in [-0.15, -0.1) is 0 Å². The highest BCUT2D eigenvalue weighted by Crippen LogP contribution is 2.30. The number of anilines is 1. The van der Waals surface area contributed by atoms with E-state index in [0.29, 0.717) is 11.3 Å². The van der Waals surface area contributed by atoms with E-state index in [2.05, 4.69) is 10.4 Å². The van der Waals surface area contributed by atoms with Gasteiger partial charge in [0.2, 0.25) is 0 Å². The maximum Gasteiger partial charge on any atom is 0.263 e. The smallest absolute Gasteiger partial charge is 0.263 e. The molecular formula is C22H21N3O3.